The van der Waals surface area contributed by atoms with Gasteiger partial charge < -0.3 is 20.1 Å². The van der Waals surface area contributed by atoms with Crippen molar-refractivity contribution in [3.8, 4) is 0 Å². The minimum absolute atomic E-state index is 0. The first-order valence-corrected chi connectivity index (χ1v) is 8.52. The molecule has 0 bridgehead atoms. The molecule has 1 aromatic heterocycles. The fraction of sp³-hybridized carbons (Fsp3) is 0.812. The summed E-state index contributed by atoms with van der Waals surface area (Å²) in [5.41, 5.74) is 0. The minimum atomic E-state index is 0. The molecule has 1 aromatic rings. The molecule has 8 heteroatoms. The summed E-state index contributed by atoms with van der Waals surface area (Å²) in [5, 5.41) is 10.2. The van der Waals surface area contributed by atoms with Gasteiger partial charge in [0, 0.05) is 32.1 Å². The second-order valence-corrected chi connectivity index (χ2v) is 6.81. The number of halogens is 1. The number of hydrogen-bond acceptors (Lipinski definition) is 5. The van der Waals surface area contributed by atoms with Gasteiger partial charge in [-0.15, -0.1) is 12.4 Å². The van der Waals surface area contributed by atoms with Crippen LogP contribution >= 0.6 is 12.4 Å². The number of urea groups is 1. The van der Waals surface area contributed by atoms with Gasteiger partial charge in [-0.3, -0.25) is 0 Å². The standard InChI is InChI=1S/C16H29N5O2.ClH/c1-11(2)9-18-16(22)21-7-5-6-13(10-21)15-19-14(20-23-15)8-12(3)17-4;/h11-13,17H,5-10H2,1-4H3,(H,18,22);1H. The summed E-state index contributed by atoms with van der Waals surface area (Å²) >= 11 is 0. The third-order valence-electron chi connectivity index (χ3n) is 4.18. The van der Waals surface area contributed by atoms with Crippen LogP contribution in [0.25, 0.3) is 0 Å². The Morgan fingerprint density at radius 1 is 1.42 bits per heavy atom. The normalized spacial score (nSPS) is 19.0. The molecule has 0 aromatic carbocycles. The van der Waals surface area contributed by atoms with E-state index in [-0.39, 0.29) is 24.4 Å². The van der Waals surface area contributed by atoms with E-state index in [9.17, 15) is 4.79 Å². The third kappa shape index (κ3) is 5.94. The summed E-state index contributed by atoms with van der Waals surface area (Å²) in [6.07, 6.45) is 2.69. The summed E-state index contributed by atoms with van der Waals surface area (Å²) in [4.78, 5) is 18.6. The molecule has 2 heterocycles. The molecule has 24 heavy (non-hydrogen) atoms. The Balaban J connectivity index is 0.00000288. The largest absolute Gasteiger partial charge is 0.339 e. The van der Waals surface area contributed by atoms with Crippen molar-refractivity contribution in [2.75, 3.05) is 26.7 Å². The predicted octanol–water partition coefficient (Wildman–Crippen LogP) is 2.19. The van der Waals surface area contributed by atoms with Crippen LogP contribution in [-0.4, -0.2) is 53.8 Å². The maximum Gasteiger partial charge on any atom is 0.317 e. The van der Waals surface area contributed by atoms with E-state index < -0.39 is 0 Å². The molecule has 138 valence electrons. The molecular formula is C16H30ClN5O2. The molecule has 0 saturated carbocycles. The lowest BCUT2D eigenvalue weighted by molar-refractivity contribution is 0.171. The Kier molecular flexibility index (Phi) is 8.48. The van der Waals surface area contributed by atoms with Crippen molar-refractivity contribution in [1.82, 2.24) is 25.7 Å². The molecule has 1 saturated heterocycles. The zero-order valence-electron chi connectivity index (χ0n) is 15.0. The molecule has 2 atom stereocenters. The molecule has 0 spiro atoms. The Hall–Kier alpha value is -1.34. The van der Waals surface area contributed by atoms with Crippen LogP contribution in [-0.2, 0) is 6.42 Å². The maximum absolute atomic E-state index is 12.2. The number of piperidine rings is 1. The van der Waals surface area contributed by atoms with Crippen molar-refractivity contribution < 1.29 is 9.32 Å². The van der Waals surface area contributed by atoms with Crippen LogP contribution in [0.2, 0.25) is 0 Å². The summed E-state index contributed by atoms with van der Waals surface area (Å²) < 4.78 is 5.43. The van der Waals surface area contributed by atoms with Crippen LogP contribution < -0.4 is 10.6 Å². The summed E-state index contributed by atoms with van der Waals surface area (Å²) in [7, 11) is 1.92. The fourth-order valence-corrected chi connectivity index (χ4v) is 2.66. The number of hydrogen-bond donors (Lipinski definition) is 2. The molecule has 1 aliphatic rings. The maximum atomic E-state index is 12.2. The van der Waals surface area contributed by atoms with E-state index in [4.69, 9.17) is 4.52 Å². The van der Waals surface area contributed by atoms with Gasteiger partial charge in [-0.25, -0.2) is 4.79 Å². The average molecular weight is 360 g/mol. The Morgan fingerprint density at radius 3 is 2.83 bits per heavy atom. The number of nitrogens with zero attached hydrogens (tertiary/aromatic N) is 3. The van der Waals surface area contributed by atoms with Crippen molar-refractivity contribution in [2.45, 2.75) is 52.0 Å². The number of nitrogens with one attached hydrogen (secondary N) is 2. The van der Waals surface area contributed by atoms with E-state index in [1.807, 2.05) is 11.9 Å². The van der Waals surface area contributed by atoms with Crippen molar-refractivity contribution in [3.63, 3.8) is 0 Å². The molecule has 0 radical (unpaired) electrons. The monoisotopic (exact) mass is 359 g/mol. The van der Waals surface area contributed by atoms with E-state index >= 15 is 0 Å². The van der Waals surface area contributed by atoms with Gasteiger partial charge in [-0.05, 0) is 32.7 Å². The first-order valence-electron chi connectivity index (χ1n) is 8.52. The number of rotatable bonds is 6. The minimum Gasteiger partial charge on any atom is -0.339 e. The van der Waals surface area contributed by atoms with E-state index in [2.05, 4.69) is 41.5 Å². The summed E-state index contributed by atoms with van der Waals surface area (Å²) in [6.45, 7) is 8.40. The van der Waals surface area contributed by atoms with Crippen molar-refractivity contribution in [3.05, 3.63) is 11.7 Å². The first kappa shape index (κ1) is 20.7. The molecule has 7 nitrogen and oxygen atoms in total. The molecular weight excluding hydrogens is 330 g/mol. The lowest BCUT2D eigenvalue weighted by Gasteiger charge is -2.31. The van der Waals surface area contributed by atoms with Gasteiger partial charge in [0.15, 0.2) is 5.82 Å². The molecule has 2 rings (SSSR count). The summed E-state index contributed by atoms with van der Waals surface area (Å²) in [5.74, 6) is 1.97. The van der Waals surface area contributed by atoms with Crippen LogP contribution in [0.15, 0.2) is 4.52 Å². The van der Waals surface area contributed by atoms with Gasteiger partial charge in [-0.1, -0.05) is 19.0 Å². The van der Waals surface area contributed by atoms with Crippen LogP contribution in [0.4, 0.5) is 4.79 Å². The molecule has 2 unspecified atom stereocenters. The number of carbonyl (C=O) groups excluding carboxylic acids is 1. The van der Waals surface area contributed by atoms with Crippen molar-refractivity contribution >= 4 is 18.4 Å². The summed E-state index contributed by atoms with van der Waals surface area (Å²) in [6, 6.07) is 0.317. The van der Waals surface area contributed by atoms with Gasteiger partial charge in [0.25, 0.3) is 0 Å². The highest BCUT2D eigenvalue weighted by Gasteiger charge is 2.28. The van der Waals surface area contributed by atoms with Crippen LogP contribution in [0.5, 0.6) is 0 Å². The van der Waals surface area contributed by atoms with Gasteiger partial charge in [0.1, 0.15) is 0 Å². The quantitative estimate of drug-likeness (QED) is 0.813. The molecule has 2 N–H and O–H groups in total. The van der Waals surface area contributed by atoms with Gasteiger partial charge >= 0.3 is 6.03 Å². The molecule has 2 amide bonds. The number of aromatic nitrogens is 2. The van der Waals surface area contributed by atoms with Crippen molar-refractivity contribution in [1.29, 1.82) is 0 Å². The number of carbonyl (C=O) groups is 1. The Labute approximate surface area is 150 Å². The topological polar surface area (TPSA) is 83.3 Å². The third-order valence-corrected chi connectivity index (χ3v) is 4.18. The number of likely N-dealkylation sites (N-methyl/N-ethyl adjacent to an activating group) is 1. The van der Waals surface area contributed by atoms with Gasteiger partial charge in [0.05, 0.1) is 5.92 Å². The van der Waals surface area contributed by atoms with E-state index in [1.54, 1.807) is 0 Å². The molecule has 1 aliphatic heterocycles. The molecule has 1 fully saturated rings. The Morgan fingerprint density at radius 2 is 2.17 bits per heavy atom. The lowest BCUT2D eigenvalue weighted by Crippen LogP contribution is -2.45. The van der Waals surface area contributed by atoms with Crippen LogP contribution in [0, 0.1) is 5.92 Å². The second-order valence-electron chi connectivity index (χ2n) is 6.81. The van der Waals surface area contributed by atoms with Gasteiger partial charge in [-0.2, -0.15) is 4.98 Å². The number of amides is 2. The SMILES string of the molecule is CNC(C)Cc1noc(C2CCCN(C(=O)NCC(C)C)C2)n1.Cl. The fourth-order valence-electron chi connectivity index (χ4n) is 2.66. The highest BCUT2D eigenvalue weighted by Crippen LogP contribution is 2.25. The number of likely N-dealkylation sites (tertiary alicyclic amines) is 1. The smallest absolute Gasteiger partial charge is 0.317 e. The van der Waals surface area contributed by atoms with E-state index in [1.165, 1.54) is 0 Å². The lowest BCUT2D eigenvalue weighted by atomic mass is 9.98. The predicted molar refractivity (Wildman–Crippen MR) is 95.6 cm³/mol. The second kappa shape index (κ2) is 9.84. The highest BCUT2D eigenvalue weighted by atomic mass is 35.5. The van der Waals surface area contributed by atoms with E-state index in [0.717, 1.165) is 31.6 Å². The zero-order valence-corrected chi connectivity index (χ0v) is 15.9. The highest BCUT2D eigenvalue weighted by molar-refractivity contribution is 5.85. The van der Waals surface area contributed by atoms with E-state index in [0.29, 0.717) is 30.9 Å². The van der Waals surface area contributed by atoms with Crippen LogP contribution in [0.3, 0.4) is 0 Å². The molecule has 0 aliphatic carbocycles. The zero-order chi connectivity index (χ0) is 16.8. The first-order chi connectivity index (χ1) is 11.0. The van der Waals surface area contributed by atoms with Crippen LogP contribution in [0.1, 0.15) is 51.2 Å². The van der Waals surface area contributed by atoms with Gasteiger partial charge in [0.2, 0.25) is 5.89 Å². The van der Waals surface area contributed by atoms with Crippen molar-refractivity contribution in [2.24, 2.45) is 5.92 Å². The Bertz CT molecular complexity index is 508. The average Bonchev–Trinajstić information content (AvgIpc) is 3.01.